The largest absolute Gasteiger partial charge is 0.486 e. The van der Waals surface area contributed by atoms with Gasteiger partial charge in [-0.3, -0.25) is 9.89 Å². The van der Waals surface area contributed by atoms with Crippen LogP contribution in [0.15, 0.2) is 53.7 Å². The maximum absolute atomic E-state index is 12.1. The molecular formula is C18H17ClN4O2S. The van der Waals surface area contributed by atoms with Crippen molar-refractivity contribution in [2.24, 2.45) is 0 Å². The molecule has 26 heavy (non-hydrogen) atoms. The van der Waals surface area contributed by atoms with E-state index in [1.54, 1.807) is 12.1 Å². The van der Waals surface area contributed by atoms with Gasteiger partial charge in [0.05, 0.1) is 5.75 Å². The molecule has 8 heteroatoms. The second kappa shape index (κ2) is 8.73. The van der Waals surface area contributed by atoms with E-state index in [2.05, 4.69) is 20.5 Å². The molecule has 0 aliphatic heterocycles. The first-order valence-corrected chi connectivity index (χ1v) is 9.25. The number of hydrogen-bond donors (Lipinski definition) is 2. The SMILES string of the molecule is Cc1c(Cl)cccc1NC(=O)CSc1n[nH]c(COc2ccccc2)n1. The molecule has 0 aliphatic carbocycles. The van der Waals surface area contributed by atoms with Crippen LogP contribution in [0.1, 0.15) is 11.4 Å². The lowest BCUT2D eigenvalue weighted by atomic mass is 10.2. The van der Waals surface area contributed by atoms with E-state index in [4.69, 9.17) is 16.3 Å². The molecule has 3 rings (SSSR count). The molecule has 0 radical (unpaired) electrons. The van der Waals surface area contributed by atoms with Gasteiger partial charge in [0.1, 0.15) is 12.4 Å². The number of thioether (sulfide) groups is 1. The number of nitrogens with zero attached hydrogens (tertiary/aromatic N) is 2. The molecule has 2 N–H and O–H groups in total. The lowest BCUT2D eigenvalue weighted by Crippen LogP contribution is -2.15. The van der Waals surface area contributed by atoms with Crippen molar-refractivity contribution < 1.29 is 9.53 Å². The molecule has 0 saturated carbocycles. The molecule has 3 aromatic rings. The van der Waals surface area contributed by atoms with Gasteiger partial charge < -0.3 is 10.1 Å². The molecular weight excluding hydrogens is 372 g/mol. The minimum atomic E-state index is -0.146. The van der Waals surface area contributed by atoms with E-state index >= 15 is 0 Å². The van der Waals surface area contributed by atoms with Gasteiger partial charge >= 0.3 is 0 Å². The van der Waals surface area contributed by atoms with Gasteiger partial charge in [0.2, 0.25) is 11.1 Å². The van der Waals surface area contributed by atoms with Gasteiger partial charge in [0, 0.05) is 10.7 Å². The molecule has 0 saturated heterocycles. The van der Waals surface area contributed by atoms with Crippen molar-refractivity contribution >= 4 is 35.0 Å². The van der Waals surface area contributed by atoms with Crippen molar-refractivity contribution in [3.63, 3.8) is 0 Å². The third-order valence-corrected chi connectivity index (χ3v) is 4.76. The first kappa shape index (κ1) is 18.3. The van der Waals surface area contributed by atoms with Crippen LogP contribution in [0.3, 0.4) is 0 Å². The quantitative estimate of drug-likeness (QED) is 0.596. The van der Waals surface area contributed by atoms with E-state index in [-0.39, 0.29) is 18.3 Å². The van der Waals surface area contributed by atoms with Gasteiger partial charge in [-0.25, -0.2) is 4.98 Å². The van der Waals surface area contributed by atoms with Gasteiger partial charge in [-0.05, 0) is 36.8 Å². The Morgan fingerprint density at radius 3 is 2.85 bits per heavy atom. The molecule has 134 valence electrons. The number of carbonyl (C=O) groups excluding carboxylic acids is 1. The number of anilines is 1. The van der Waals surface area contributed by atoms with Crippen molar-refractivity contribution in [1.29, 1.82) is 0 Å². The number of halogens is 1. The molecule has 0 bridgehead atoms. The highest BCUT2D eigenvalue weighted by Gasteiger charge is 2.10. The number of benzene rings is 2. The molecule has 0 unspecified atom stereocenters. The Morgan fingerprint density at radius 1 is 1.23 bits per heavy atom. The molecule has 6 nitrogen and oxygen atoms in total. The summed E-state index contributed by atoms with van der Waals surface area (Å²) in [5.41, 5.74) is 1.54. The summed E-state index contributed by atoms with van der Waals surface area (Å²) in [6, 6.07) is 14.9. The number of aromatic amines is 1. The van der Waals surface area contributed by atoms with E-state index < -0.39 is 0 Å². The molecule has 1 aromatic heterocycles. The zero-order chi connectivity index (χ0) is 18.4. The Bertz CT molecular complexity index is 886. The van der Waals surface area contributed by atoms with Crippen LogP contribution in [0.25, 0.3) is 0 Å². The highest BCUT2D eigenvalue weighted by molar-refractivity contribution is 7.99. The summed E-state index contributed by atoms with van der Waals surface area (Å²) in [6.07, 6.45) is 0. The number of nitrogens with one attached hydrogen (secondary N) is 2. The Morgan fingerprint density at radius 2 is 2.04 bits per heavy atom. The van der Waals surface area contributed by atoms with E-state index in [1.807, 2.05) is 43.3 Å². The van der Waals surface area contributed by atoms with Crippen LogP contribution in [0.2, 0.25) is 5.02 Å². The summed E-state index contributed by atoms with van der Waals surface area (Å²) in [5, 5.41) is 10.8. The van der Waals surface area contributed by atoms with Gasteiger partial charge in [0.25, 0.3) is 0 Å². The Hall–Kier alpha value is -2.51. The molecule has 0 fully saturated rings. The summed E-state index contributed by atoms with van der Waals surface area (Å²) in [4.78, 5) is 16.4. The third-order valence-electron chi connectivity index (χ3n) is 3.50. The van der Waals surface area contributed by atoms with Crippen LogP contribution in [0, 0.1) is 6.92 Å². The summed E-state index contributed by atoms with van der Waals surface area (Å²) in [5.74, 6) is 1.41. The summed E-state index contributed by atoms with van der Waals surface area (Å²) >= 11 is 7.30. The van der Waals surface area contributed by atoms with Gasteiger partial charge in [-0.1, -0.05) is 47.6 Å². The van der Waals surface area contributed by atoms with Gasteiger partial charge in [-0.2, -0.15) is 0 Å². The highest BCUT2D eigenvalue weighted by atomic mass is 35.5. The summed E-state index contributed by atoms with van der Waals surface area (Å²) in [6.45, 7) is 2.14. The van der Waals surface area contributed by atoms with E-state index in [0.717, 1.165) is 11.3 Å². The zero-order valence-electron chi connectivity index (χ0n) is 14.0. The predicted molar refractivity (Wildman–Crippen MR) is 103 cm³/mol. The van der Waals surface area contributed by atoms with Crippen molar-refractivity contribution in [3.05, 3.63) is 64.9 Å². The Labute approximate surface area is 160 Å². The fourth-order valence-corrected chi connectivity index (χ4v) is 2.93. The molecule has 0 spiro atoms. The smallest absolute Gasteiger partial charge is 0.234 e. The minimum absolute atomic E-state index is 0.146. The average Bonchev–Trinajstić information content (AvgIpc) is 3.11. The van der Waals surface area contributed by atoms with Crippen molar-refractivity contribution in [1.82, 2.24) is 15.2 Å². The minimum Gasteiger partial charge on any atom is -0.486 e. The number of amides is 1. The number of rotatable bonds is 7. The lowest BCUT2D eigenvalue weighted by Gasteiger charge is -2.08. The van der Waals surface area contributed by atoms with Crippen molar-refractivity contribution in [2.75, 3.05) is 11.1 Å². The molecule has 0 aliphatic rings. The topological polar surface area (TPSA) is 79.9 Å². The molecule has 0 atom stereocenters. The van der Waals surface area contributed by atoms with Crippen LogP contribution in [-0.2, 0) is 11.4 Å². The maximum Gasteiger partial charge on any atom is 0.234 e. The van der Waals surface area contributed by atoms with Crippen molar-refractivity contribution in [3.8, 4) is 5.75 Å². The Balaban J connectivity index is 1.48. The van der Waals surface area contributed by atoms with Crippen LogP contribution in [0.5, 0.6) is 5.75 Å². The summed E-state index contributed by atoms with van der Waals surface area (Å²) in [7, 11) is 0. The van der Waals surface area contributed by atoms with Gasteiger partial charge in [-0.15, -0.1) is 5.10 Å². The van der Waals surface area contributed by atoms with E-state index in [1.165, 1.54) is 11.8 Å². The number of carbonyl (C=O) groups is 1. The number of ether oxygens (including phenoxy) is 1. The monoisotopic (exact) mass is 388 g/mol. The van der Waals surface area contributed by atoms with Gasteiger partial charge in [0.15, 0.2) is 5.82 Å². The second-order valence-corrected chi connectivity index (χ2v) is 6.77. The van der Waals surface area contributed by atoms with Crippen LogP contribution >= 0.6 is 23.4 Å². The number of aromatic nitrogens is 3. The van der Waals surface area contributed by atoms with Crippen LogP contribution < -0.4 is 10.1 Å². The molecule has 2 aromatic carbocycles. The van der Waals surface area contributed by atoms with Crippen LogP contribution in [-0.4, -0.2) is 26.8 Å². The maximum atomic E-state index is 12.1. The number of H-pyrrole nitrogens is 1. The number of para-hydroxylation sites is 1. The normalized spacial score (nSPS) is 10.5. The third kappa shape index (κ3) is 5.00. The van der Waals surface area contributed by atoms with E-state index in [9.17, 15) is 4.79 Å². The lowest BCUT2D eigenvalue weighted by molar-refractivity contribution is -0.113. The Kier molecular flexibility index (Phi) is 6.14. The highest BCUT2D eigenvalue weighted by Crippen LogP contribution is 2.23. The van der Waals surface area contributed by atoms with Crippen molar-refractivity contribution in [2.45, 2.75) is 18.7 Å². The number of hydrogen-bond acceptors (Lipinski definition) is 5. The average molecular weight is 389 g/mol. The standard InChI is InChI=1S/C18H17ClN4O2S/c1-12-14(19)8-5-9-15(12)20-17(24)11-26-18-21-16(22-23-18)10-25-13-6-3-2-4-7-13/h2-9H,10-11H2,1H3,(H,20,24)(H,21,22,23). The fraction of sp³-hybridized carbons (Fsp3) is 0.167. The fourth-order valence-electron chi connectivity index (χ4n) is 2.13. The zero-order valence-corrected chi connectivity index (χ0v) is 15.6. The molecule has 1 heterocycles. The molecule has 1 amide bonds. The first-order valence-electron chi connectivity index (χ1n) is 7.88. The second-order valence-electron chi connectivity index (χ2n) is 5.42. The van der Waals surface area contributed by atoms with Crippen LogP contribution in [0.4, 0.5) is 5.69 Å². The summed E-state index contributed by atoms with van der Waals surface area (Å²) < 4.78 is 5.60. The first-order chi connectivity index (χ1) is 12.6. The van der Waals surface area contributed by atoms with E-state index in [0.29, 0.717) is 21.7 Å². The predicted octanol–water partition coefficient (Wildman–Crippen LogP) is 4.08.